The van der Waals surface area contributed by atoms with Gasteiger partial charge in [-0.15, -0.1) is 11.8 Å². The van der Waals surface area contributed by atoms with Crippen molar-refractivity contribution in [2.45, 2.75) is 16.6 Å². The Balaban J connectivity index is 1.99. The molecular weight excluding hydrogens is 380 g/mol. The van der Waals surface area contributed by atoms with Gasteiger partial charge < -0.3 is 0 Å². The Hall–Kier alpha value is -2.48. The molecule has 0 aliphatic carbocycles. The van der Waals surface area contributed by atoms with E-state index in [1.54, 1.807) is 0 Å². The molecule has 0 aliphatic heterocycles. The van der Waals surface area contributed by atoms with E-state index in [-0.39, 0.29) is 4.75 Å². The molecule has 0 saturated heterocycles. The fraction of sp³-hybridized carbons (Fsp3) is 0.0769. The van der Waals surface area contributed by atoms with E-state index in [1.807, 2.05) is 23.9 Å². The molecule has 0 aliphatic rings. The summed E-state index contributed by atoms with van der Waals surface area (Å²) in [6, 6.07) is 38.5. The monoisotopic (exact) mass is 400 g/mol. The molecule has 0 nitrogen and oxygen atoms in total. The van der Waals surface area contributed by atoms with E-state index in [4.69, 9.17) is 11.6 Å². The van der Waals surface area contributed by atoms with E-state index in [0.29, 0.717) is 0 Å². The molecular formula is C26H21ClS. The first-order chi connectivity index (χ1) is 13.7. The number of hydrogen-bond acceptors (Lipinski definition) is 1. The van der Waals surface area contributed by atoms with E-state index in [2.05, 4.69) is 104 Å². The van der Waals surface area contributed by atoms with Crippen LogP contribution in [0.4, 0.5) is 0 Å². The molecule has 0 radical (unpaired) electrons. The van der Waals surface area contributed by atoms with Crippen LogP contribution >= 0.6 is 23.4 Å². The first kappa shape index (κ1) is 18.9. The number of thioether (sulfide) groups is 1. The quantitative estimate of drug-likeness (QED) is 0.244. The first-order valence-electron chi connectivity index (χ1n) is 9.31. The molecule has 0 amide bonds. The van der Waals surface area contributed by atoms with E-state index in [0.717, 1.165) is 5.02 Å². The van der Waals surface area contributed by atoms with Crippen molar-refractivity contribution in [1.29, 1.82) is 0 Å². The maximum atomic E-state index is 6.14. The highest BCUT2D eigenvalue weighted by Crippen LogP contribution is 2.51. The maximum Gasteiger partial charge on any atom is 0.0954 e. The summed E-state index contributed by atoms with van der Waals surface area (Å²) in [5, 5.41) is 0.754. The molecule has 0 fully saturated rings. The van der Waals surface area contributed by atoms with Crippen molar-refractivity contribution < 1.29 is 0 Å². The fourth-order valence-corrected chi connectivity index (χ4v) is 5.00. The zero-order chi connectivity index (χ0) is 19.4. The minimum atomic E-state index is -0.357. The van der Waals surface area contributed by atoms with Gasteiger partial charge in [0.2, 0.25) is 0 Å². The second-order valence-electron chi connectivity index (χ2n) is 6.84. The second kappa shape index (κ2) is 8.26. The zero-order valence-electron chi connectivity index (χ0n) is 15.7. The maximum absolute atomic E-state index is 6.14. The lowest BCUT2D eigenvalue weighted by atomic mass is 9.84. The van der Waals surface area contributed by atoms with Crippen LogP contribution in [0, 0.1) is 6.92 Å². The lowest BCUT2D eigenvalue weighted by Gasteiger charge is -2.35. The summed E-state index contributed by atoms with van der Waals surface area (Å²) in [7, 11) is 0. The first-order valence-corrected chi connectivity index (χ1v) is 10.5. The minimum Gasteiger partial charge on any atom is -0.105 e. The molecule has 138 valence electrons. The van der Waals surface area contributed by atoms with E-state index in [1.165, 1.54) is 27.1 Å². The Morgan fingerprint density at radius 3 is 1.54 bits per heavy atom. The lowest BCUT2D eigenvalue weighted by Crippen LogP contribution is -2.25. The molecule has 0 aromatic heterocycles. The van der Waals surface area contributed by atoms with Crippen LogP contribution in [0.2, 0.25) is 5.02 Å². The molecule has 0 unspecified atom stereocenters. The standard InChI is InChI=1S/C26H21ClS/c1-20-12-14-23(15-13-20)26(21-8-4-2-5-9-21,22-10-6-3-7-11-22)28-25-18-16-24(27)17-19-25/h2-19H,1H3. The van der Waals surface area contributed by atoms with Crippen LogP contribution < -0.4 is 0 Å². The van der Waals surface area contributed by atoms with E-state index < -0.39 is 0 Å². The smallest absolute Gasteiger partial charge is 0.0954 e. The average Bonchev–Trinajstić information content (AvgIpc) is 2.75. The Morgan fingerprint density at radius 2 is 1.04 bits per heavy atom. The normalized spacial score (nSPS) is 11.4. The van der Waals surface area contributed by atoms with Gasteiger partial charge in [-0.2, -0.15) is 0 Å². The van der Waals surface area contributed by atoms with Crippen LogP contribution in [0.15, 0.2) is 114 Å². The summed E-state index contributed by atoms with van der Waals surface area (Å²) >= 11 is 7.99. The second-order valence-corrected chi connectivity index (χ2v) is 8.56. The highest BCUT2D eigenvalue weighted by atomic mass is 35.5. The van der Waals surface area contributed by atoms with Gasteiger partial charge in [0.25, 0.3) is 0 Å². The van der Waals surface area contributed by atoms with Gasteiger partial charge in [-0.25, -0.2) is 0 Å². The van der Waals surface area contributed by atoms with Crippen molar-refractivity contribution >= 4 is 23.4 Å². The average molecular weight is 401 g/mol. The van der Waals surface area contributed by atoms with Crippen molar-refractivity contribution in [3.8, 4) is 0 Å². The molecule has 0 saturated carbocycles. The molecule has 0 heterocycles. The van der Waals surface area contributed by atoms with Crippen LogP contribution in [0.5, 0.6) is 0 Å². The molecule has 0 bridgehead atoms. The predicted octanol–water partition coefficient (Wildman–Crippen LogP) is 7.73. The third-order valence-electron chi connectivity index (χ3n) is 4.90. The largest absolute Gasteiger partial charge is 0.105 e. The van der Waals surface area contributed by atoms with Gasteiger partial charge in [0, 0.05) is 9.92 Å². The van der Waals surface area contributed by atoms with E-state index >= 15 is 0 Å². The summed E-state index contributed by atoms with van der Waals surface area (Å²) < 4.78 is -0.357. The highest BCUT2D eigenvalue weighted by Gasteiger charge is 2.37. The Bertz CT molecular complexity index is 984. The summed E-state index contributed by atoms with van der Waals surface area (Å²) in [4.78, 5) is 1.18. The summed E-state index contributed by atoms with van der Waals surface area (Å²) in [5.74, 6) is 0. The van der Waals surface area contributed by atoms with Crippen molar-refractivity contribution in [3.05, 3.63) is 136 Å². The molecule has 4 rings (SSSR count). The van der Waals surface area contributed by atoms with Crippen LogP contribution in [-0.2, 0) is 4.75 Å². The molecule has 2 heteroatoms. The van der Waals surface area contributed by atoms with Crippen LogP contribution in [0.1, 0.15) is 22.3 Å². The predicted molar refractivity (Wildman–Crippen MR) is 121 cm³/mol. The van der Waals surface area contributed by atoms with Gasteiger partial charge in [-0.05, 0) is 47.9 Å². The van der Waals surface area contributed by atoms with Gasteiger partial charge in [0.15, 0.2) is 0 Å². The number of benzene rings is 4. The molecule has 0 spiro atoms. The van der Waals surface area contributed by atoms with Gasteiger partial charge >= 0.3 is 0 Å². The van der Waals surface area contributed by atoms with E-state index in [9.17, 15) is 0 Å². The van der Waals surface area contributed by atoms with Crippen LogP contribution in [0.25, 0.3) is 0 Å². The lowest BCUT2D eigenvalue weighted by molar-refractivity contribution is 0.893. The van der Waals surface area contributed by atoms with Crippen LogP contribution in [0.3, 0.4) is 0 Å². The Labute approximate surface area is 176 Å². The molecule has 4 aromatic rings. The highest BCUT2D eigenvalue weighted by molar-refractivity contribution is 8.00. The zero-order valence-corrected chi connectivity index (χ0v) is 17.3. The van der Waals surface area contributed by atoms with Crippen molar-refractivity contribution in [3.63, 3.8) is 0 Å². The van der Waals surface area contributed by atoms with Crippen molar-refractivity contribution in [1.82, 2.24) is 0 Å². The van der Waals surface area contributed by atoms with Gasteiger partial charge in [-0.3, -0.25) is 0 Å². The minimum absolute atomic E-state index is 0.357. The molecule has 0 atom stereocenters. The fourth-order valence-electron chi connectivity index (χ4n) is 3.49. The van der Waals surface area contributed by atoms with Gasteiger partial charge in [0.1, 0.15) is 0 Å². The number of rotatable bonds is 5. The summed E-state index contributed by atoms with van der Waals surface area (Å²) in [6.45, 7) is 2.13. The number of hydrogen-bond donors (Lipinski definition) is 0. The Morgan fingerprint density at radius 1 is 0.571 bits per heavy atom. The number of aryl methyl sites for hydroxylation is 1. The molecule has 4 aromatic carbocycles. The SMILES string of the molecule is Cc1ccc(C(Sc2ccc(Cl)cc2)(c2ccccc2)c2ccccc2)cc1. The third-order valence-corrected chi connectivity index (χ3v) is 6.68. The summed E-state index contributed by atoms with van der Waals surface area (Å²) in [5.41, 5.74) is 5.03. The van der Waals surface area contributed by atoms with Crippen molar-refractivity contribution in [2.75, 3.05) is 0 Å². The van der Waals surface area contributed by atoms with Crippen LogP contribution in [-0.4, -0.2) is 0 Å². The molecule has 28 heavy (non-hydrogen) atoms. The summed E-state index contributed by atoms with van der Waals surface area (Å²) in [6.07, 6.45) is 0. The van der Waals surface area contributed by atoms with Gasteiger partial charge in [0.05, 0.1) is 4.75 Å². The van der Waals surface area contributed by atoms with Crippen molar-refractivity contribution in [2.24, 2.45) is 0 Å². The Kier molecular flexibility index (Phi) is 5.57. The number of halogens is 1. The topological polar surface area (TPSA) is 0 Å². The van der Waals surface area contributed by atoms with Gasteiger partial charge in [-0.1, -0.05) is 102 Å². The molecule has 0 N–H and O–H groups in total. The third kappa shape index (κ3) is 3.73.